The molecule has 9 heteroatoms. The third-order valence-corrected chi connectivity index (χ3v) is 8.43. The molecular formula is C32H35N5O3S. The van der Waals surface area contributed by atoms with E-state index < -0.39 is 0 Å². The lowest BCUT2D eigenvalue weighted by Gasteiger charge is -2.18. The summed E-state index contributed by atoms with van der Waals surface area (Å²) in [5, 5.41) is 8.95. The van der Waals surface area contributed by atoms with Gasteiger partial charge >= 0.3 is 0 Å². The molecule has 2 aromatic heterocycles. The summed E-state index contributed by atoms with van der Waals surface area (Å²) in [6.07, 6.45) is 1.84. The largest absolute Gasteiger partial charge is 0.497 e. The Morgan fingerprint density at radius 3 is 2.54 bits per heavy atom. The second kappa shape index (κ2) is 12.1. The number of fused-ring (bicyclic) bond motifs is 1. The summed E-state index contributed by atoms with van der Waals surface area (Å²) in [5.74, 6) is 0.519. The van der Waals surface area contributed by atoms with E-state index in [1.807, 2.05) is 67.8 Å². The molecule has 2 aromatic carbocycles. The highest BCUT2D eigenvalue weighted by molar-refractivity contribution is 7.13. The second-order valence-corrected chi connectivity index (χ2v) is 10.8. The number of carbonyl (C=O) groups is 2. The fraction of sp³-hybridized carbons (Fsp3) is 0.281. The molecule has 3 heterocycles. The van der Waals surface area contributed by atoms with E-state index in [2.05, 4.69) is 34.4 Å². The molecular weight excluding hydrogens is 534 g/mol. The van der Waals surface area contributed by atoms with Gasteiger partial charge in [0, 0.05) is 52.2 Å². The Morgan fingerprint density at radius 2 is 1.83 bits per heavy atom. The number of aromatic amines is 1. The van der Waals surface area contributed by atoms with Crippen LogP contribution in [0.1, 0.15) is 46.7 Å². The molecule has 3 N–H and O–H groups in total. The van der Waals surface area contributed by atoms with Crippen molar-refractivity contribution in [3.8, 4) is 27.6 Å². The average molecular weight is 570 g/mol. The number of aryl methyl sites for hydroxylation is 1. The van der Waals surface area contributed by atoms with E-state index in [1.54, 1.807) is 18.4 Å². The van der Waals surface area contributed by atoms with E-state index in [0.717, 1.165) is 75.4 Å². The number of nitrogens with one attached hydrogen (secondary N) is 3. The molecule has 4 aromatic rings. The van der Waals surface area contributed by atoms with Crippen molar-refractivity contribution in [2.24, 2.45) is 0 Å². The second-order valence-electron chi connectivity index (χ2n) is 9.99. The zero-order valence-corrected chi connectivity index (χ0v) is 24.9. The third kappa shape index (κ3) is 5.82. The highest BCUT2D eigenvalue weighted by atomic mass is 32.1. The predicted molar refractivity (Wildman–Crippen MR) is 166 cm³/mol. The number of H-pyrrole nitrogens is 1. The fourth-order valence-electron chi connectivity index (χ4n) is 5.12. The number of nitrogens with zero attached hydrogens (tertiary/aromatic N) is 2. The van der Waals surface area contributed by atoms with Crippen molar-refractivity contribution >= 4 is 40.5 Å². The average Bonchev–Trinajstić information content (AvgIpc) is 3.67. The van der Waals surface area contributed by atoms with Crippen LogP contribution in [0.15, 0.2) is 47.8 Å². The number of likely N-dealkylation sites (N-methyl/N-ethyl adjacent to an activating group) is 1. The smallest absolute Gasteiger partial charge is 0.256 e. The number of ether oxygens (including phenoxy) is 1. The number of anilines is 1. The Kier molecular flexibility index (Phi) is 8.37. The topological polar surface area (TPSA) is 99.4 Å². The highest BCUT2D eigenvalue weighted by Gasteiger charge is 2.26. The van der Waals surface area contributed by atoms with E-state index in [0.29, 0.717) is 17.7 Å². The van der Waals surface area contributed by atoms with Crippen LogP contribution in [-0.4, -0.2) is 60.0 Å². The molecule has 0 saturated heterocycles. The number of rotatable bonds is 10. The number of thiazole rings is 1. The quantitative estimate of drug-likeness (QED) is 0.204. The minimum Gasteiger partial charge on any atom is -0.497 e. The van der Waals surface area contributed by atoms with Crippen molar-refractivity contribution in [3.05, 3.63) is 75.9 Å². The summed E-state index contributed by atoms with van der Waals surface area (Å²) in [6, 6.07) is 13.7. The van der Waals surface area contributed by atoms with Crippen molar-refractivity contribution in [3.63, 3.8) is 0 Å². The van der Waals surface area contributed by atoms with Crippen LogP contribution in [0.2, 0.25) is 0 Å². The van der Waals surface area contributed by atoms with Crippen LogP contribution < -0.4 is 15.4 Å². The van der Waals surface area contributed by atoms with Crippen molar-refractivity contribution in [1.82, 2.24) is 20.2 Å². The normalized spacial score (nSPS) is 13.5. The van der Waals surface area contributed by atoms with Crippen molar-refractivity contribution in [2.45, 2.75) is 27.7 Å². The molecule has 0 fully saturated rings. The van der Waals surface area contributed by atoms with E-state index in [9.17, 15) is 9.59 Å². The van der Waals surface area contributed by atoms with Crippen LogP contribution in [-0.2, 0) is 4.79 Å². The highest BCUT2D eigenvalue weighted by Crippen LogP contribution is 2.38. The first-order valence-electron chi connectivity index (χ1n) is 13.8. The van der Waals surface area contributed by atoms with Crippen molar-refractivity contribution in [1.29, 1.82) is 0 Å². The number of amides is 2. The molecule has 8 nitrogen and oxygen atoms in total. The van der Waals surface area contributed by atoms with Crippen molar-refractivity contribution in [2.75, 3.05) is 38.6 Å². The SMILES string of the molecule is CCN(CC)CCNC(=O)c1c(C)[nH]c(C=C2C(=O)Nc3ccc(-c4csc(-c5ccc(OC)cc5)n4)cc32)c1C. The van der Waals surface area contributed by atoms with E-state index in [1.165, 1.54) is 0 Å². The monoisotopic (exact) mass is 569 g/mol. The van der Waals surface area contributed by atoms with Crippen LogP contribution in [0.25, 0.3) is 33.5 Å². The number of hydrogen-bond donors (Lipinski definition) is 3. The first kappa shape index (κ1) is 28.3. The van der Waals surface area contributed by atoms with Crippen LogP contribution in [0.3, 0.4) is 0 Å². The molecule has 0 spiro atoms. The van der Waals surface area contributed by atoms with Gasteiger partial charge in [0.15, 0.2) is 0 Å². The standard InChI is InChI=1S/C32H35N5O3S/c1-6-37(7-2)15-14-33-31(39)29-19(3)27(34-20(29)4)17-25-24-16-22(10-13-26(24)35-30(25)38)28-18-41-32(36-28)21-8-11-23(40-5)12-9-21/h8-13,16-18,34H,6-7,14-15H2,1-5H3,(H,33,39)(H,35,38). The van der Waals surface area contributed by atoms with Crippen LogP contribution in [0.4, 0.5) is 5.69 Å². The molecule has 1 aliphatic rings. The third-order valence-electron chi connectivity index (χ3n) is 7.54. The van der Waals surface area contributed by atoms with Gasteiger partial charge in [-0.05, 0) is 75.0 Å². The van der Waals surface area contributed by atoms with Gasteiger partial charge in [-0.25, -0.2) is 4.98 Å². The molecule has 41 heavy (non-hydrogen) atoms. The summed E-state index contributed by atoms with van der Waals surface area (Å²) < 4.78 is 5.26. The summed E-state index contributed by atoms with van der Waals surface area (Å²) in [7, 11) is 1.65. The Bertz CT molecular complexity index is 1610. The lowest BCUT2D eigenvalue weighted by molar-refractivity contribution is -0.110. The summed E-state index contributed by atoms with van der Waals surface area (Å²) in [5.41, 5.74) is 7.86. The molecule has 0 bridgehead atoms. The lowest BCUT2D eigenvalue weighted by atomic mass is 10.0. The Labute approximate surface area is 244 Å². The maximum atomic E-state index is 13.0. The zero-order chi connectivity index (χ0) is 29.1. The predicted octanol–water partition coefficient (Wildman–Crippen LogP) is 5.99. The number of hydrogen-bond acceptors (Lipinski definition) is 6. The van der Waals surface area contributed by atoms with E-state index in [-0.39, 0.29) is 11.8 Å². The molecule has 5 rings (SSSR count). The van der Waals surface area contributed by atoms with Crippen LogP contribution >= 0.6 is 11.3 Å². The van der Waals surface area contributed by atoms with Gasteiger partial charge in [0.2, 0.25) is 0 Å². The molecule has 1 aliphatic heterocycles. The maximum absolute atomic E-state index is 13.0. The summed E-state index contributed by atoms with van der Waals surface area (Å²) in [4.78, 5) is 36.5. The lowest BCUT2D eigenvalue weighted by Crippen LogP contribution is -2.35. The van der Waals surface area contributed by atoms with Gasteiger partial charge in [-0.2, -0.15) is 0 Å². The first-order chi connectivity index (χ1) is 19.8. The van der Waals surface area contributed by atoms with E-state index in [4.69, 9.17) is 9.72 Å². The van der Waals surface area contributed by atoms with Crippen molar-refractivity contribution < 1.29 is 14.3 Å². The molecule has 0 radical (unpaired) electrons. The Morgan fingerprint density at radius 1 is 1.10 bits per heavy atom. The van der Waals surface area contributed by atoms with Gasteiger partial charge in [0.25, 0.3) is 11.8 Å². The molecule has 2 amide bonds. The van der Waals surface area contributed by atoms with E-state index >= 15 is 0 Å². The molecule has 0 saturated carbocycles. The molecule has 0 atom stereocenters. The maximum Gasteiger partial charge on any atom is 0.256 e. The first-order valence-corrected chi connectivity index (χ1v) is 14.7. The van der Waals surface area contributed by atoms with Crippen LogP contribution in [0, 0.1) is 13.8 Å². The Hall–Kier alpha value is -4.21. The van der Waals surface area contributed by atoms with Gasteiger partial charge < -0.3 is 25.3 Å². The number of aromatic nitrogens is 2. The number of benzene rings is 2. The number of carbonyl (C=O) groups excluding carboxylic acids is 2. The minimum absolute atomic E-state index is 0.109. The summed E-state index contributed by atoms with van der Waals surface area (Å²) in [6.45, 7) is 11.3. The van der Waals surface area contributed by atoms with Gasteiger partial charge in [-0.3, -0.25) is 9.59 Å². The van der Waals surface area contributed by atoms with Gasteiger partial charge in [-0.1, -0.05) is 19.9 Å². The number of methoxy groups -OCH3 is 1. The molecule has 0 aliphatic carbocycles. The fourth-order valence-corrected chi connectivity index (χ4v) is 5.96. The summed E-state index contributed by atoms with van der Waals surface area (Å²) >= 11 is 1.57. The van der Waals surface area contributed by atoms with Gasteiger partial charge in [-0.15, -0.1) is 11.3 Å². The van der Waals surface area contributed by atoms with Crippen LogP contribution in [0.5, 0.6) is 5.75 Å². The van der Waals surface area contributed by atoms with Gasteiger partial charge in [0.1, 0.15) is 10.8 Å². The minimum atomic E-state index is -0.175. The molecule has 0 unspecified atom stereocenters. The molecule has 212 valence electrons. The Balaban J connectivity index is 1.40. The van der Waals surface area contributed by atoms with Gasteiger partial charge in [0.05, 0.1) is 23.9 Å². The zero-order valence-electron chi connectivity index (χ0n) is 24.1.